The maximum absolute atomic E-state index is 12.7. The molecule has 1 heterocycles. The number of alkyl halides is 3. The molecule has 0 amide bonds. The molecule has 114 valence electrons. The lowest BCUT2D eigenvalue weighted by atomic mass is 9.99. The zero-order valence-corrected chi connectivity index (χ0v) is 11.8. The molecule has 4 nitrogen and oxygen atoms in total. The smallest absolute Gasteiger partial charge is 0.207 e. The van der Waals surface area contributed by atoms with Gasteiger partial charge in [-0.25, -0.2) is 8.42 Å². The van der Waals surface area contributed by atoms with E-state index < -0.39 is 28.7 Å². The van der Waals surface area contributed by atoms with Crippen LogP contribution in [0.3, 0.4) is 0 Å². The molecule has 0 radical (unpaired) electrons. The maximum Gasteiger partial charge on any atom is 0.393 e. The van der Waals surface area contributed by atoms with E-state index in [9.17, 15) is 21.6 Å². The molecule has 8 heteroatoms. The summed E-state index contributed by atoms with van der Waals surface area (Å²) in [6.07, 6.45) is -4.26. The van der Waals surface area contributed by atoms with Crippen molar-refractivity contribution < 1.29 is 21.6 Å². The second-order valence-electron chi connectivity index (χ2n) is 4.88. The number of nitriles is 1. The van der Waals surface area contributed by atoms with Crippen molar-refractivity contribution in [3.05, 3.63) is 29.8 Å². The van der Waals surface area contributed by atoms with Gasteiger partial charge in [0.15, 0.2) is 0 Å². The molecule has 0 bridgehead atoms. The Morgan fingerprint density at radius 2 is 1.86 bits per heavy atom. The molecule has 1 aliphatic heterocycles. The van der Waals surface area contributed by atoms with Crippen molar-refractivity contribution in [3.63, 3.8) is 0 Å². The van der Waals surface area contributed by atoms with Crippen LogP contribution in [0, 0.1) is 17.2 Å². The first-order valence-corrected chi connectivity index (χ1v) is 7.76. The molecule has 0 aliphatic carbocycles. The summed E-state index contributed by atoms with van der Waals surface area (Å²) in [6, 6.07) is 7.00. The predicted molar refractivity (Wildman–Crippen MR) is 68.7 cm³/mol. The number of nitrogens with zero attached hydrogens (tertiary/aromatic N) is 2. The number of benzene rings is 1. The van der Waals surface area contributed by atoms with Gasteiger partial charge in [-0.15, -0.1) is 0 Å². The van der Waals surface area contributed by atoms with E-state index in [1.54, 1.807) is 0 Å². The molecular weight excluding hydrogens is 305 g/mol. The van der Waals surface area contributed by atoms with Gasteiger partial charge in [0.05, 0.1) is 22.4 Å². The van der Waals surface area contributed by atoms with Crippen molar-refractivity contribution in [1.82, 2.24) is 4.31 Å². The van der Waals surface area contributed by atoms with Crippen molar-refractivity contribution in [2.45, 2.75) is 23.9 Å². The summed E-state index contributed by atoms with van der Waals surface area (Å²) in [5.41, 5.74) is 0.292. The van der Waals surface area contributed by atoms with Crippen LogP contribution in [0.25, 0.3) is 0 Å². The first-order valence-electron chi connectivity index (χ1n) is 6.32. The summed E-state index contributed by atoms with van der Waals surface area (Å²) in [5.74, 6) is -1.63. The number of rotatable bonds is 2. The molecule has 2 rings (SSSR count). The Hall–Kier alpha value is -1.59. The van der Waals surface area contributed by atoms with E-state index in [0.29, 0.717) is 5.56 Å². The van der Waals surface area contributed by atoms with Crippen LogP contribution in [0.5, 0.6) is 0 Å². The minimum absolute atomic E-state index is 0.0527. The van der Waals surface area contributed by atoms with Crippen molar-refractivity contribution >= 4 is 10.0 Å². The molecule has 0 spiro atoms. The Morgan fingerprint density at radius 1 is 1.24 bits per heavy atom. The van der Waals surface area contributed by atoms with Crippen LogP contribution in [0.15, 0.2) is 29.2 Å². The summed E-state index contributed by atoms with van der Waals surface area (Å²) in [4.78, 5) is -0.0932. The fraction of sp³-hybridized carbons (Fsp3) is 0.462. The third-order valence-corrected chi connectivity index (χ3v) is 5.35. The average molecular weight is 318 g/mol. The van der Waals surface area contributed by atoms with Gasteiger partial charge in [0.25, 0.3) is 0 Å². The largest absolute Gasteiger partial charge is 0.393 e. The van der Waals surface area contributed by atoms with Gasteiger partial charge in [-0.05, 0) is 37.1 Å². The molecule has 0 aromatic heterocycles. The minimum Gasteiger partial charge on any atom is -0.207 e. The van der Waals surface area contributed by atoms with Crippen molar-refractivity contribution in [1.29, 1.82) is 5.26 Å². The molecule has 0 N–H and O–H groups in total. The highest BCUT2D eigenvalue weighted by molar-refractivity contribution is 7.89. The van der Waals surface area contributed by atoms with Gasteiger partial charge in [-0.1, -0.05) is 0 Å². The van der Waals surface area contributed by atoms with Gasteiger partial charge in [-0.3, -0.25) is 0 Å². The SMILES string of the molecule is N#Cc1ccc(S(=O)(=O)N2CCC[C@H](C(F)(F)F)C2)cc1. The minimum atomic E-state index is -4.39. The number of halogens is 3. The van der Waals surface area contributed by atoms with Crippen LogP contribution in [0.2, 0.25) is 0 Å². The second-order valence-corrected chi connectivity index (χ2v) is 6.82. The van der Waals surface area contributed by atoms with Crippen LogP contribution in [-0.2, 0) is 10.0 Å². The van der Waals surface area contributed by atoms with E-state index >= 15 is 0 Å². The van der Waals surface area contributed by atoms with Crippen LogP contribution < -0.4 is 0 Å². The lowest BCUT2D eigenvalue weighted by molar-refractivity contribution is -0.182. The first kappa shape index (κ1) is 15.8. The topological polar surface area (TPSA) is 61.2 Å². The Bertz CT molecular complexity index is 647. The number of sulfonamides is 1. The quantitative estimate of drug-likeness (QED) is 0.842. The fourth-order valence-corrected chi connectivity index (χ4v) is 3.80. The normalized spacial score (nSPS) is 21.0. The lowest BCUT2D eigenvalue weighted by Gasteiger charge is -2.32. The van der Waals surface area contributed by atoms with E-state index in [4.69, 9.17) is 5.26 Å². The van der Waals surface area contributed by atoms with E-state index in [-0.39, 0.29) is 24.3 Å². The molecule has 1 fully saturated rings. The van der Waals surface area contributed by atoms with Crippen LogP contribution in [-0.4, -0.2) is 32.0 Å². The summed E-state index contributed by atoms with van der Waals surface area (Å²) in [7, 11) is -3.96. The highest BCUT2D eigenvalue weighted by Crippen LogP contribution is 2.34. The molecular formula is C13H13F3N2O2S. The van der Waals surface area contributed by atoms with Crippen molar-refractivity contribution in [2.24, 2.45) is 5.92 Å². The van der Waals surface area contributed by atoms with Crippen LogP contribution >= 0.6 is 0 Å². The second kappa shape index (κ2) is 5.66. The Morgan fingerprint density at radius 3 is 2.38 bits per heavy atom. The zero-order chi connectivity index (χ0) is 15.7. The van der Waals surface area contributed by atoms with Crippen molar-refractivity contribution in [3.8, 4) is 6.07 Å². The number of hydrogen-bond donors (Lipinski definition) is 0. The van der Waals surface area contributed by atoms with Crippen LogP contribution in [0.1, 0.15) is 18.4 Å². The number of piperidine rings is 1. The van der Waals surface area contributed by atoms with Gasteiger partial charge in [-0.2, -0.15) is 22.7 Å². The predicted octanol–water partition coefficient (Wildman–Crippen LogP) is 2.52. The Labute approximate surface area is 120 Å². The molecule has 0 saturated carbocycles. The molecule has 1 atom stereocenters. The highest BCUT2D eigenvalue weighted by atomic mass is 32.2. The summed E-state index contributed by atoms with van der Waals surface area (Å²) < 4.78 is 63.8. The van der Waals surface area contributed by atoms with Crippen molar-refractivity contribution in [2.75, 3.05) is 13.1 Å². The van der Waals surface area contributed by atoms with Gasteiger partial charge < -0.3 is 0 Å². The van der Waals surface area contributed by atoms with Gasteiger partial charge in [0, 0.05) is 13.1 Å². The molecule has 1 aromatic rings. The molecule has 1 saturated heterocycles. The van der Waals surface area contributed by atoms with Gasteiger partial charge in [0.1, 0.15) is 0 Å². The summed E-state index contributed by atoms with van der Waals surface area (Å²) in [5, 5.41) is 8.67. The van der Waals surface area contributed by atoms with Gasteiger partial charge >= 0.3 is 6.18 Å². The van der Waals surface area contributed by atoms with Crippen LogP contribution in [0.4, 0.5) is 13.2 Å². The Kier molecular flexibility index (Phi) is 4.25. The fourth-order valence-electron chi connectivity index (χ4n) is 2.28. The lowest BCUT2D eigenvalue weighted by Crippen LogP contribution is -2.44. The molecule has 21 heavy (non-hydrogen) atoms. The molecule has 1 aromatic carbocycles. The third-order valence-electron chi connectivity index (χ3n) is 3.47. The molecule has 0 unspecified atom stereocenters. The Balaban J connectivity index is 2.24. The van der Waals surface area contributed by atoms with Gasteiger partial charge in [0.2, 0.25) is 10.0 Å². The first-order chi connectivity index (χ1) is 9.75. The standard InChI is InChI=1S/C13H13F3N2O2S/c14-13(15,16)11-2-1-7-18(9-11)21(19,20)12-5-3-10(8-17)4-6-12/h3-6,11H,1-2,7,9H2/t11-/m0/s1. The third kappa shape index (κ3) is 3.36. The van der Waals surface area contributed by atoms with E-state index in [2.05, 4.69) is 0 Å². The van der Waals surface area contributed by atoms with E-state index in [1.807, 2.05) is 6.07 Å². The number of hydrogen-bond acceptors (Lipinski definition) is 3. The monoisotopic (exact) mass is 318 g/mol. The maximum atomic E-state index is 12.7. The van der Waals surface area contributed by atoms with E-state index in [1.165, 1.54) is 24.3 Å². The summed E-state index contributed by atoms with van der Waals surface area (Å²) >= 11 is 0. The van der Waals surface area contributed by atoms with E-state index in [0.717, 1.165) is 4.31 Å². The summed E-state index contributed by atoms with van der Waals surface area (Å²) in [6.45, 7) is -0.471. The average Bonchev–Trinajstić information content (AvgIpc) is 2.46. The zero-order valence-electron chi connectivity index (χ0n) is 11.0. The molecule has 1 aliphatic rings. The highest BCUT2D eigenvalue weighted by Gasteiger charge is 2.44.